The molecule has 1 rings (SSSR count). The Kier molecular flexibility index (Phi) is 60.7. The fraction of sp³-hybridized carbons (Fsp3) is 0.905. The summed E-state index contributed by atoms with van der Waals surface area (Å²) in [5.74, 6) is -0.168. The minimum Gasteiger partial charge on any atom is -0.394 e. The lowest BCUT2D eigenvalue weighted by molar-refractivity contribution is -0.302. The van der Waals surface area contributed by atoms with Crippen molar-refractivity contribution in [1.29, 1.82) is 0 Å². The van der Waals surface area contributed by atoms with Crippen molar-refractivity contribution in [2.45, 2.75) is 416 Å². The van der Waals surface area contributed by atoms with Gasteiger partial charge in [0.2, 0.25) is 5.91 Å². The first-order valence-corrected chi connectivity index (χ1v) is 36.7. The number of aliphatic hydroxyl groups is 5. The van der Waals surface area contributed by atoms with E-state index >= 15 is 0 Å². The Morgan fingerprint density at radius 1 is 0.410 bits per heavy atom. The summed E-state index contributed by atoms with van der Waals surface area (Å²) in [6.07, 6.45) is 78.4. The number of unbranched alkanes of at least 4 members (excludes halogenated alkanes) is 51. The van der Waals surface area contributed by atoms with E-state index in [0.717, 1.165) is 44.9 Å². The van der Waals surface area contributed by atoms with Crippen LogP contribution in [0.15, 0.2) is 36.5 Å². The van der Waals surface area contributed by atoms with Crippen molar-refractivity contribution >= 4 is 5.91 Å². The van der Waals surface area contributed by atoms with E-state index in [4.69, 9.17) is 9.47 Å². The number of carbonyl (C=O) groups is 1. The van der Waals surface area contributed by atoms with Crippen LogP contribution in [0.5, 0.6) is 0 Å². The van der Waals surface area contributed by atoms with Crippen molar-refractivity contribution in [3.63, 3.8) is 0 Å². The second-order valence-electron chi connectivity index (χ2n) is 25.7. The number of hydrogen-bond acceptors (Lipinski definition) is 8. The van der Waals surface area contributed by atoms with Crippen LogP contribution in [0.4, 0.5) is 0 Å². The quantitative estimate of drug-likeness (QED) is 0.0261. The molecule has 1 aliphatic rings. The van der Waals surface area contributed by atoms with Gasteiger partial charge in [-0.15, -0.1) is 0 Å². The zero-order chi connectivity index (χ0) is 60.0. The fourth-order valence-electron chi connectivity index (χ4n) is 12.0. The molecule has 9 nitrogen and oxygen atoms in total. The summed E-state index contributed by atoms with van der Waals surface area (Å²) in [6, 6.07) is -0.804. The molecular weight excluding hydrogens is 1030 g/mol. The Hall–Kier alpha value is -1.59. The Balaban J connectivity index is 2.09. The lowest BCUT2D eigenvalue weighted by Crippen LogP contribution is -2.60. The molecule has 1 fully saturated rings. The monoisotopic (exact) mass is 1170 g/mol. The van der Waals surface area contributed by atoms with E-state index in [2.05, 4.69) is 43.5 Å². The molecular formula is C74H141NO8. The van der Waals surface area contributed by atoms with Crippen molar-refractivity contribution in [3.05, 3.63) is 36.5 Å². The summed E-state index contributed by atoms with van der Waals surface area (Å²) >= 11 is 0. The molecule has 0 aliphatic carbocycles. The zero-order valence-electron chi connectivity index (χ0n) is 55.0. The van der Waals surface area contributed by atoms with Gasteiger partial charge in [-0.1, -0.05) is 352 Å². The largest absolute Gasteiger partial charge is 0.394 e. The number of nitrogens with one attached hydrogen (secondary N) is 1. The summed E-state index contributed by atoms with van der Waals surface area (Å²) in [5.41, 5.74) is 0. The van der Waals surface area contributed by atoms with Gasteiger partial charge in [-0.2, -0.15) is 0 Å². The van der Waals surface area contributed by atoms with Gasteiger partial charge in [-0.3, -0.25) is 4.79 Å². The molecule has 7 atom stereocenters. The van der Waals surface area contributed by atoms with Crippen LogP contribution in [0.3, 0.4) is 0 Å². The first-order valence-electron chi connectivity index (χ1n) is 36.7. The highest BCUT2D eigenvalue weighted by Gasteiger charge is 2.44. The third-order valence-electron chi connectivity index (χ3n) is 17.7. The van der Waals surface area contributed by atoms with Crippen LogP contribution >= 0.6 is 0 Å². The predicted molar refractivity (Wildman–Crippen MR) is 355 cm³/mol. The second-order valence-corrected chi connectivity index (χ2v) is 25.7. The van der Waals surface area contributed by atoms with E-state index in [9.17, 15) is 30.3 Å². The number of ether oxygens (including phenoxy) is 2. The molecule has 9 heteroatoms. The van der Waals surface area contributed by atoms with Crippen LogP contribution in [0, 0.1) is 0 Å². The van der Waals surface area contributed by atoms with Gasteiger partial charge in [0.1, 0.15) is 24.4 Å². The van der Waals surface area contributed by atoms with Crippen LogP contribution in [-0.2, 0) is 14.3 Å². The summed E-state index contributed by atoms with van der Waals surface area (Å²) in [4.78, 5) is 13.1. The molecule has 0 radical (unpaired) electrons. The summed E-state index contributed by atoms with van der Waals surface area (Å²) in [7, 11) is 0. The molecule has 0 aromatic rings. The molecule has 0 spiro atoms. The molecule has 490 valence electrons. The maximum atomic E-state index is 13.1. The molecule has 0 bridgehead atoms. The van der Waals surface area contributed by atoms with Gasteiger partial charge in [-0.05, 0) is 51.4 Å². The van der Waals surface area contributed by atoms with Crippen LogP contribution < -0.4 is 5.32 Å². The van der Waals surface area contributed by atoms with Crippen molar-refractivity contribution in [3.8, 4) is 0 Å². The van der Waals surface area contributed by atoms with Gasteiger partial charge >= 0.3 is 0 Å². The first kappa shape index (κ1) is 79.4. The normalized spacial score (nSPS) is 18.4. The third kappa shape index (κ3) is 52.1. The molecule has 1 heterocycles. The average molecular weight is 1170 g/mol. The third-order valence-corrected chi connectivity index (χ3v) is 17.7. The number of amides is 1. The molecule has 1 aliphatic heterocycles. The van der Waals surface area contributed by atoms with E-state index in [1.165, 1.54) is 308 Å². The highest BCUT2D eigenvalue weighted by atomic mass is 16.7. The van der Waals surface area contributed by atoms with Gasteiger partial charge in [0.15, 0.2) is 6.29 Å². The van der Waals surface area contributed by atoms with Gasteiger partial charge in [0.05, 0.1) is 25.4 Å². The van der Waals surface area contributed by atoms with Crippen LogP contribution in [-0.4, -0.2) is 87.5 Å². The van der Waals surface area contributed by atoms with Crippen LogP contribution in [0.1, 0.15) is 373 Å². The Morgan fingerprint density at radius 2 is 0.711 bits per heavy atom. The molecule has 7 unspecified atom stereocenters. The Bertz CT molecular complexity index is 1410. The maximum absolute atomic E-state index is 13.1. The number of rotatable bonds is 65. The number of aliphatic hydroxyl groups excluding tert-OH is 5. The average Bonchev–Trinajstić information content (AvgIpc) is 3.60. The number of hydrogen-bond donors (Lipinski definition) is 6. The topological polar surface area (TPSA) is 149 Å². The van der Waals surface area contributed by atoms with Gasteiger partial charge < -0.3 is 40.3 Å². The van der Waals surface area contributed by atoms with Crippen molar-refractivity contribution < 1.29 is 39.8 Å². The van der Waals surface area contributed by atoms with E-state index in [1.807, 2.05) is 6.08 Å². The highest BCUT2D eigenvalue weighted by molar-refractivity contribution is 5.76. The minimum absolute atomic E-state index is 0.168. The van der Waals surface area contributed by atoms with Gasteiger partial charge in [0, 0.05) is 6.42 Å². The summed E-state index contributed by atoms with van der Waals surface area (Å²) in [6.45, 7) is 3.83. The minimum atomic E-state index is -1.57. The first-order chi connectivity index (χ1) is 40.8. The molecule has 83 heavy (non-hydrogen) atoms. The number of carbonyl (C=O) groups excluding carboxylic acids is 1. The fourth-order valence-corrected chi connectivity index (χ4v) is 12.0. The van der Waals surface area contributed by atoms with Crippen molar-refractivity contribution in [2.24, 2.45) is 0 Å². The Labute approximate surface area is 514 Å². The van der Waals surface area contributed by atoms with Crippen molar-refractivity contribution in [2.75, 3.05) is 13.2 Å². The molecule has 0 saturated carbocycles. The van der Waals surface area contributed by atoms with E-state index in [-0.39, 0.29) is 12.5 Å². The molecule has 1 amide bonds. The van der Waals surface area contributed by atoms with E-state index < -0.39 is 49.5 Å². The lowest BCUT2D eigenvalue weighted by Gasteiger charge is -2.40. The Morgan fingerprint density at radius 3 is 1.04 bits per heavy atom. The summed E-state index contributed by atoms with van der Waals surface area (Å²) < 4.78 is 11.3. The smallest absolute Gasteiger partial charge is 0.220 e. The van der Waals surface area contributed by atoms with Gasteiger partial charge in [-0.25, -0.2) is 0 Å². The number of allylic oxidation sites excluding steroid dienone is 5. The lowest BCUT2D eigenvalue weighted by atomic mass is 9.99. The standard InChI is InChI=1S/C74H141NO8/c1-3-5-7-9-11-13-15-17-19-21-23-25-27-29-30-31-32-33-34-35-36-37-38-40-42-44-46-48-50-52-54-56-58-60-62-64-70(78)75-67(66-82-74-73(81)72(80)71(79)69(65-76)83-74)68(77)63-61-59-57-55-53-51-49-47-45-43-41-39-28-26-24-22-20-18-16-14-12-10-8-6-4-2/h15,17,21,23,61,63,67-69,71-74,76-77,79-81H,3-14,16,18-20,22,24-60,62,64-66H2,1-2H3,(H,75,78)/b17-15-,23-21-,63-61+. The van der Waals surface area contributed by atoms with E-state index in [0.29, 0.717) is 6.42 Å². The molecule has 1 saturated heterocycles. The maximum Gasteiger partial charge on any atom is 0.220 e. The zero-order valence-corrected chi connectivity index (χ0v) is 55.0. The molecule has 6 N–H and O–H groups in total. The molecule has 0 aromatic carbocycles. The SMILES string of the molecule is CCCCCCC/C=C\C/C=C\CCCCCCCCCCCCCCCCCCCCCCCCCC(=O)NC(COC1OC(CO)C(O)C(O)C1O)C(O)/C=C/CCCCCCCCCCCCCCCCCCCCCCCCC. The van der Waals surface area contributed by atoms with E-state index in [1.54, 1.807) is 6.08 Å². The van der Waals surface area contributed by atoms with Gasteiger partial charge in [0.25, 0.3) is 0 Å². The predicted octanol–water partition coefficient (Wildman–Crippen LogP) is 20.2. The van der Waals surface area contributed by atoms with Crippen molar-refractivity contribution in [1.82, 2.24) is 5.32 Å². The second kappa shape index (κ2) is 63.4. The van der Waals surface area contributed by atoms with Crippen LogP contribution in [0.25, 0.3) is 0 Å². The van der Waals surface area contributed by atoms with Crippen LogP contribution in [0.2, 0.25) is 0 Å². The highest BCUT2D eigenvalue weighted by Crippen LogP contribution is 2.24. The molecule has 0 aromatic heterocycles. The summed E-state index contributed by atoms with van der Waals surface area (Å²) in [5, 5.41) is 54.8.